The van der Waals surface area contributed by atoms with Crippen molar-refractivity contribution in [2.45, 2.75) is 62.6 Å². The molecule has 1 spiro atoms. The summed E-state index contributed by atoms with van der Waals surface area (Å²) in [7, 11) is 2.17. The first-order valence-electron chi connectivity index (χ1n) is 8.46. The fourth-order valence-electron chi connectivity index (χ4n) is 3.99. The van der Waals surface area contributed by atoms with Crippen LogP contribution in [0.4, 0.5) is 0 Å². The normalized spacial score (nSPS) is 25.4. The Morgan fingerprint density at radius 2 is 1.91 bits per heavy atom. The quantitative estimate of drug-likeness (QED) is 0.732. The minimum absolute atomic E-state index is 0.132. The summed E-state index contributed by atoms with van der Waals surface area (Å²) in [6, 6.07) is 0. The number of piperidine rings is 1. The van der Waals surface area contributed by atoms with Gasteiger partial charge >= 0.3 is 0 Å². The van der Waals surface area contributed by atoms with Gasteiger partial charge in [-0.1, -0.05) is 0 Å². The molecule has 0 aromatic carbocycles. The van der Waals surface area contributed by atoms with Crippen molar-refractivity contribution >= 4 is 5.91 Å². The fraction of sp³-hybridized carbons (Fsp3) is 0.824. The van der Waals surface area contributed by atoms with Gasteiger partial charge in [0.2, 0.25) is 5.91 Å². The highest BCUT2D eigenvalue weighted by atomic mass is 16.2. The Morgan fingerprint density at radius 1 is 1.18 bits per heavy atom. The summed E-state index contributed by atoms with van der Waals surface area (Å²) >= 11 is 0. The van der Waals surface area contributed by atoms with Crippen molar-refractivity contribution in [2.75, 3.05) is 26.7 Å². The largest absolute Gasteiger partial charge is 0.337 e. The molecule has 120 valence electrons. The lowest BCUT2D eigenvalue weighted by atomic mass is 9.85. The van der Waals surface area contributed by atoms with Crippen molar-refractivity contribution in [1.82, 2.24) is 9.80 Å². The Hall–Kier alpha value is -1.41. The predicted octanol–water partition coefficient (Wildman–Crippen LogP) is 2.43. The van der Waals surface area contributed by atoms with Crippen molar-refractivity contribution in [2.24, 2.45) is 10.2 Å². The molecule has 0 aromatic rings. The van der Waals surface area contributed by atoms with Crippen LogP contribution in [0.25, 0.3) is 0 Å². The Balaban J connectivity index is 1.54. The second-order valence-electron chi connectivity index (χ2n) is 7.06. The van der Waals surface area contributed by atoms with Gasteiger partial charge in [-0.2, -0.15) is 10.2 Å². The number of amides is 1. The molecule has 5 nitrogen and oxygen atoms in total. The average Bonchev–Trinajstić information content (AvgIpc) is 3.19. The van der Waals surface area contributed by atoms with Crippen LogP contribution in [0.15, 0.2) is 10.2 Å². The standard InChI is InChI=1S/C17H26N4O/c1-3-4-8-17(18-19-17)9-6-15(22)21-12-5-7-16(21)10-13-20(2)14-11-16/h1H,4-14H2,2H3. The summed E-state index contributed by atoms with van der Waals surface area (Å²) in [5, 5.41) is 8.27. The Morgan fingerprint density at radius 3 is 2.55 bits per heavy atom. The van der Waals surface area contributed by atoms with Gasteiger partial charge in [-0.25, -0.2) is 0 Å². The second-order valence-corrected chi connectivity index (χ2v) is 7.06. The minimum atomic E-state index is -0.332. The molecule has 0 aromatic heterocycles. The molecule has 0 radical (unpaired) electrons. The lowest BCUT2D eigenvalue weighted by molar-refractivity contribution is -0.137. The third-order valence-corrected chi connectivity index (χ3v) is 5.61. The van der Waals surface area contributed by atoms with Gasteiger partial charge in [-0.15, -0.1) is 12.3 Å². The van der Waals surface area contributed by atoms with Crippen LogP contribution in [0.3, 0.4) is 0 Å². The molecule has 3 rings (SSSR count). The average molecular weight is 302 g/mol. The van der Waals surface area contributed by atoms with Crippen LogP contribution in [0.5, 0.6) is 0 Å². The number of nitrogens with zero attached hydrogens (tertiary/aromatic N) is 4. The highest BCUT2D eigenvalue weighted by Gasteiger charge is 2.46. The molecule has 1 amide bonds. The molecule has 0 saturated carbocycles. The van der Waals surface area contributed by atoms with Crippen molar-refractivity contribution in [3.05, 3.63) is 0 Å². The van der Waals surface area contributed by atoms with E-state index in [0.29, 0.717) is 18.7 Å². The van der Waals surface area contributed by atoms with Crippen LogP contribution < -0.4 is 0 Å². The lowest BCUT2D eigenvalue weighted by Crippen LogP contribution is -2.53. The fourth-order valence-corrected chi connectivity index (χ4v) is 3.99. The van der Waals surface area contributed by atoms with Crippen LogP contribution >= 0.6 is 0 Å². The number of likely N-dealkylation sites (tertiary alicyclic amines) is 2. The van der Waals surface area contributed by atoms with E-state index in [1.807, 2.05) is 0 Å². The van der Waals surface area contributed by atoms with Gasteiger partial charge in [-0.3, -0.25) is 4.79 Å². The van der Waals surface area contributed by atoms with E-state index < -0.39 is 0 Å². The molecule has 0 aliphatic carbocycles. The highest BCUT2D eigenvalue weighted by Crippen LogP contribution is 2.41. The maximum absolute atomic E-state index is 12.7. The number of rotatable bonds is 5. The summed E-state index contributed by atoms with van der Waals surface area (Å²) < 4.78 is 0. The molecular weight excluding hydrogens is 276 g/mol. The summed E-state index contributed by atoms with van der Waals surface area (Å²) in [6.07, 6.45) is 12.6. The maximum atomic E-state index is 12.7. The van der Waals surface area contributed by atoms with Gasteiger partial charge in [0.1, 0.15) is 0 Å². The van der Waals surface area contributed by atoms with Crippen LogP contribution in [0.1, 0.15) is 51.4 Å². The first kappa shape index (κ1) is 15.5. The molecule has 22 heavy (non-hydrogen) atoms. The number of hydrogen-bond acceptors (Lipinski definition) is 4. The SMILES string of the molecule is C#CCCC1(CCC(=O)N2CCCC23CCN(C)CC3)N=N1. The molecule has 0 atom stereocenters. The zero-order valence-electron chi connectivity index (χ0n) is 13.6. The van der Waals surface area contributed by atoms with Crippen molar-refractivity contribution < 1.29 is 4.79 Å². The van der Waals surface area contributed by atoms with Gasteiger partial charge in [0.15, 0.2) is 5.66 Å². The van der Waals surface area contributed by atoms with E-state index in [0.717, 1.165) is 51.7 Å². The number of hydrogen-bond donors (Lipinski definition) is 0. The van der Waals surface area contributed by atoms with E-state index >= 15 is 0 Å². The predicted molar refractivity (Wildman–Crippen MR) is 85.3 cm³/mol. The molecule has 2 fully saturated rings. The molecule has 0 bridgehead atoms. The van der Waals surface area contributed by atoms with Crippen LogP contribution in [0.2, 0.25) is 0 Å². The van der Waals surface area contributed by atoms with E-state index in [1.165, 1.54) is 6.42 Å². The van der Waals surface area contributed by atoms with E-state index in [9.17, 15) is 4.79 Å². The van der Waals surface area contributed by atoms with E-state index in [2.05, 4.69) is 33.0 Å². The Kier molecular flexibility index (Phi) is 4.22. The smallest absolute Gasteiger partial charge is 0.223 e. The molecule has 0 N–H and O–H groups in total. The van der Waals surface area contributed by atoms with Gasteiger partial charge in [0.25, 0.3) is 0 Å². The maximum Gasteiger partial charge on any atom is 0.223 e. The zero-order valence-corrected chi connectivity index (χ0v) is 13.6. The van der Waals surface area contributed by atoms with Gasteiger partial charge < -0.3 is 9.80 Å². The summed E-state index contributed by atoms with van der Waals surface area (Å²) in [4.78, 5) is 17.3. The van der Waals surface area contributed by atoms with Gasteiger partial charge in [0, 0.05) is 50.9 Å². The van der Waals surface area contributed by atoms with Gasteiger partial charge in [-0.05, 0) is 32.7 Å². The number of terminal acetylenes is 1. The van der Waals surface area contributed by atoms with E-state index in [4.69, 9.17) is 6.42 Å². The van der Waals surface area contributed by atoms with E-state index in [-0.39, 0.29) is 11.2 Å². The van der Waals surface area contributed by atoms with E-state index in [1.54, 1.807) is 0 Å². The van der Waals surface area contributed by atoms with Crippen LogP contribution in [-0.2, 0) is 4.79 Å². The Labute approximate surface area is 133 Å². The van der Waals surface area contributed by atoms with Crippen molar-refractivity contribution in [3.8, 4) is 12.3 Å². The molecule has 5 heteroatoms. The monoisotopic (exact) mass is 302 g/mol. The van der Waals surface area contributed by atoms with Crippen LogP contribution in [-0.4, -0.2) is 53.6 Å². The number of carbonyl (C=O) groups is 1. The molecular formula is C17H26N4O. The molecule has 3 aliphatic rings. The first-order chi connectivity index (χ1) is 10.6. The Bertz CT molecular complexity index is 493. The third-order valence-electron chi connectivity index (χ3n) is 5.61. The summed E-state index contributed by atoms with van der Waals surface area (Å²) in [5.74, 6) is 2.93. The third kappa shape index (κ3) is 3.03. The second kappa shape index (κ2) is 6.00. The minimum Gasteiger partial charge on any atom is -0.337 e. The topological polar surface area (TPSA) is 48.3 Å². The molecule has 3 heterocycles. The summed E-state index contributed by atoms with van der Waals surface area (Å²) in [5.41, 5.74) is -0.199. The van der Waals surface area contributed by atoms with Crippen molar-refractivity contribution in [1.29, 1.82) is 0 Å². The number of carbonyl (C=O) groups excluding carboxylic acids is 1. The summed E-state index contributed by atoms with van der Waals surface area (Å²) in [6.45, 7) is 3.12. The molecule has 2 saturated heterocycles. The van der Waals surface area contributed by atoms with Crippen molar-refractivity contribution in [3.63, 3.8) is 0 Å². The van der Waals surface area contributed by atoms with Gasteiger partial charge in [0.05, 0.1) is 0 Å². The highest BCUT2D eigenvalue weighted by molar-refractivity contribution is 5.77. The first-order valence-corrected chi connectivity index (χ1v) is 8.46. The zero-order chi connectivity index (χ0) is 15.6. The molecule has 3 aliphatic heterocycles. The molecule has 0 unspecified atom stereocenters. The van der Waals surface area contributed by atoms with Crippen LogP contribution in [0, 0.1) is 12.3 Å². The lowest BCUT2D eigenvalue weighted by Gasteiger charge is -2.44.